The second-order valence-electron chi connectivity index (χ2n) is 15.6. The minimum Gasteiger partial charge on any atom is -0.333 e. The Morgan fingerprint density at radius 2 is 0.983 bits per heavy atom. The Labute approximate surface area is 337 Å². The topological polar surface area (TPSA) is 8.17 Å². The van der Waals surface area contributed by atoms with Crippen molar-refractivity contribution in [3.8, 4) is 39.1 Å². The average molecular weight is 739 g/mol. The Balaban J connectivity index is 1.14. The molecule has 0 N–H and O–H groups in total. The largest absolute Gasteiger partial charge is 0.333 e. The monoisotopic (exact) mass is 738 g/mol. The highest BCUT2D eigenvalue weighted by Gasteiger charge is 2.37. The average Bonchev–Trinajstić information content (AvgIpc) is 3.81. The van der Waals surface area contributed by atoms with Crippen molar-refractivity contribution in [3.63, 3.8) is 0 Å². The Bertz CT molecular complexity index is 3290. The lowest BCUT2D eigenvalue weighted by atomic mass is 9.89. The normalized spacial score (nSPS) is 15.8. The molecule has 272 valence electrons. The van der Waals surface area contributed by atoms with E-state index >= 15 is 0 Å². The molecule has 2 heteroatoms. The lowest BCUT2D eigenvalue weighted by Crippen LogP contribution is -2.28. The summed E-state index contributed by atoms with van der Waals surface area (Å²) >= 11 is 0. The first-order valence-corrected chi connectivity index (χ1v) is 20.3. The van der Waals surface area contributed by atoms with Gasteiger partial charge in [0.05, 0.1) is 17.1 Å². The number of aromatic nitrogens is 1. The summed E-state index contributed by atoms with van der Waals surface area (Å²) in [5.74, 6) is 0.287. The number of para-hydroxylation sites is 2. The maximum absolute atomic E-state index is 2.50. The van der Waals surface area contributed by atoms with Crippen molar-refractivity contribution >= 4 is 54.7 Å². The summed E-state index contributed by atoms with van der Waals surface area (Å²) < 4.78 is 2.49. The van der Waals surface area contributed by atoms with E-state index in [-0.39, 0.29) is 12.0 Å². The van der Waals surface area contributed by atoms with Crippen LogP contribution in [0.3, 0.4) is 0 Å². The molecule has 0 bridgehead atoms. The summed E-state index contributed by atoms with van der Waals surface area (Å²) in [6.07, 6.45) is 9.12. The molecule has 2 nitrogen and oxygen atoms in total. The van der Waals surface area contributed by atoms with E-state index in [4.69, 9.17) is 0 Å². The molecule has 12 rings (SSSR count). The molecule has 0 saturated heterocycles. The van der Waals surface area contributed by atoms with Crippen LogP contribution in [0.25, 0.3) is 82.4 Å². The van der Waals surface area contributed by atoms with Crippen molar-refractivity contribution in [2.45, 2.75) is 12.0 Å². The Hall–Kier alpha value is -7.42. The van der Waals surface area contributed by atoms with E-state index in [1.807, 2.05) is 0 Å². The van der Waals surface area contributed by atoms with E-state index in [2.05, 4.69) is 228 Å². The van der Waals surface area contributed by atoms with E-state index in [0.29, 0.717) is 0 Å². The minimum atomic E-state index is 0.254. The van der Waals surface area contributed by atoms with Gasteiger partial charge in [-0.1, -0.05) is 158 Å². The first-order chi connectivity index (χ1) is 28.8. The van der Waals surface area contributed by atoms with Crippen molar-refractivity contribution in [2.75, 3.05) is 4.90 Å². The number of nitrogens with zero attached hydrogens (tertiary/aromatic N) is 2. The number of benzene rings is 9. The molecule has 0 spiro atoms. The van der Waals surface area contributed by atoms with Crippen LogP contribution in [-0.2, 0) is 0 Å². The molecule has 58 heavy (non-hydrogen) atoms. The highest BCUT2D eigenvalue weighted by Crippen LogP contribution is 2.50. The fourth-order valence-electron chi connectivity index (χ4n) is 9.88. The standard InChI is InChI=1S/C56H38N2/c1-3-19-42(20-4-1)57-53-28-12-11-25-48(53)49-33-39(29-31-54(49)57)40-30-32-55-50(34-40)52-36-41(46-26-13-17-37-15-7-9-23-44(37)46)35-51(56(52)58(55)43-21-5-2-6-22-43)47-27-14-18-38-16-8-10-24-45(38)47/h1-36,48,53H. The van der Waals surface area contributed by atoms with Gasteiger partial charge in [0.2, 0.25) is 0 Å². The quantitative estimate of drug-likeness (QED) is 0.171. The summed E-state index contributed by atoms with van der Waals surface area (Å²) in [5, 5.41) is 7.47. The van der Waals surface area contributed by atoms with E-state index in [9.17, 15) is 0 Å². The molecule has 1 aliphatic heterocycles. The molecular formula is C56H38N2. The Morgan fingerprint density at radius 3 is 1.76 bits per heavy atom. The molecule has 9 aromatic carbocycles. The molecule has 1 aliphatic carbocycles. The van der Waals surface area contributed by atoms with Crippen LogP contribution in [0.4, 0.5) is 11.4 Å². The minimum absolute atomic E-state index is 0.254. The summed E-state index contributed by atoms with van der Waals surface area (Å²) in [4.78, 5) is 2.50. The van der Waals surface area contributed by atoms with Gasteiger partial charge in [-0.15, -0.1) is 0 Å². The maximum atomic E-state index is 2.50. The summed E-state index contributed by atoms with van der Waals surface area (Å²) in [6, 6.07) is 72.0. The van der Waals surface area contributed by atoms with Gasteiger partial charge in [-0.3, -0.25) is 0 Å². The highest BCUT2D eigenvalue weighted by atomic mass is 15.2. The molecule has 0 saturated carbocycles. The van der Waals surface area contributed by atoms with Gasteiger partial charge in [0, 0.05) is 39.3 Å². The smallest absolute Gasteiger partial charge is 0.0629 e. The Kier molecular flexibility index (Phi) is 7.39. The number of anilines is 2. The zero-order valence-corrected chi connectivity index (χ0v) is 31.8. The van der Waals surface area contributed by atoms with Crippen LogP contribution in [0.1, 0.15) is 11.5 Å². The second kappa shape index (κ2) is 13.1. The summed E-state index contributed by atoms with van der Waals surface area (Å²) in [7, 11) is 0. The lowest BCUT2D eigenvalue weighted by Gasteiger charge is -2.28. The predicted molar refractivity (Wildman–Crippen MR) is 245 cm³/mol. The van der Waals surface area contributed by atoms with E-state index < -0.39 is 0 Å². The third kappa shape index (κ3) is 5.05. The van der Waals surface area contributed by atoms with E-state index in [0.717, 1.165) is 5.69 Å². The van der Waals surface area contributed by atoms with Crippen LogP contribution in [-0.4, -0.2) is 10.6 Å². The van der Waals surface area contributed by atoms with Crippen LogP contribution >= 0.6 is 0 Å². The fourth-order valence-corrected chi connectivity index (χ4v) is 9.88. The van der Waals surface area contributed by atoms with Crippen LogP contribution in [0, 0.1) is 0 Å². The zero-order chi connectivity index (χ0) is 38.2. The van der Waals surface area contributed by atoms with Gasteiger partial charge in [0.1, 0.15) is 0 Å². The number of allylic oxidation sites excluding steroid dienone is 2. The van der Waals surface area contributed by atoms with Crippen molar-refractivity contribution < 1.29 is 0 Å². The molecule has 2 atom stereocenters. The van der Waals surface area contributed by atoms with Gasteiger partial charge in [-0.25, -0.2) is 0 Å². The summed E-state index contributed by atoms with van der Waals surface area (Å²) in [6.45, 7) is 0. The fraction of sp³-hybridized carbons (Fsp3) is 0.0357. The third-order valence-corrected chi connectivity index (χ3v) is 12.5. The molecule has 0 fully saturated rings. The maximum Gasteiger partial charge on any atom is 0.0629 e. The number of rotatable bonds is 5. The second-order valence-corrected chi connectivity index (χ2v) is 15.6. The molecule has 2 heterocycles. The highest BCUT2D eigenvalue weighted by molar-refractivity contribution is 6.18. The van der Waals surface area contributed by atoms with Gasteiger partial charge in [-0.2, -0.15) is 0 Å². The van der Waals surface area contributed by atoms with Crippen LogP contribution in [0.2, 0.25) is 0 Å². The summed E-state index contributed by atoms with van der Waals surface area (Å²) in [5.41, 5.74) is 14.8. The van der Waals surface area contributed by atoms with Crippen molar-refractivity contribution in [1.29, 1.82) is 0 Å². The first-order valence-electron chi connectivity index (χ1n) is 20.3. The number of hydrogen-bond donors (Lipinski definition) is 0. The van der Waals surface area contributed by atoms with Crippen molar-refractivity contribution in [3.05, 3.63) is 224 Å². The zero-order valence-electron chi connectivity index (χ0n) is 31.8. The van der Waals surface area contributed by atoms with Gasteiger partial charge in [0.25, 0.3) is 0 Å². The molecule has 2 unspecified atom stereocenters. The first kappa shape index (κ1) is 32.8. The van der Waals surface area contributed by atoms with E-state index in [1.54, 1.807) is 0 Å². The third-order valence-electron chi connectivity index (χ3n) is 12.5. The van der Waals surface area contributed by atoms with Gasteiger partial charge >= 0.3 is 0 Å². The molecule has 2 aliphatic rings. The predicted octanol–water partition coefficient (Wildman–Crippen LogP) is 14.8. The van der Waals surface area contributed by atoms with Gasteiger partial charge in [-0.05, 0) is 116 Å². The number of fused-ring (bicyclic) bond motifs is 8. The van der Waals surface area contributed by atoms with Crippen LogP contribution < -0.4 is 4.90 Å². The van der Waals surface area contributed by atoms with Crippen LogP contribution in [0.15, 0.2) is 218 Å². The van der Waals surface area contributed by atoms with Crippen LogP contribution in [0.5, 0.6) is 0 Å². The van der Waals surface area contributed by atoms with Gasteiger partial charge in [0.15, 0.2) is 0 Å². The number of hydrogen-bond acceptors (Lipinski definition) is 1. The molecule has 1 aromatic heterocycles. The molecule has 0 amide bonds. The van der Waals surface area contributed by atoms with Crippen molar-refractivity contribution in [2.24, 2.45) is 0 Å². The SMILES string of the molecule is C1=CC2c3cc(-c4ccc5c(c4)c4cc(-c6cccc7ccccc67)cc(-c6cccc7ccccc67)c4n5-c4ccccc4)ccc3N(c3ccccc3)C2C=C1. The molecular weight excluding hydrogens is 701 g/mol. The van der Waals surface area contributed by atoms with Gasteiger partial charge < -0.3 is 9.47 Å². The molecule has 10 aromatic rings. The lowest BCUT2D eigenvalue weighted by molar-refractivity contribution is 0.745. The Morgan fingerprint density at radius 1 is 0.379 bits per heavy atom. The molecule has 0 radical (unpaired) electrons. The van der Waals surface area contributed by atoms with E-state index in [1.165, 1.54) is 93.7 Å². The van der Waals surface area contributed by atoms with Crippen molar-refractivity contribution in [1.82, 2.24) is 4.57 Å².